The van der Waals surface area contributed by atoms with E-state index in [1.165, 1.54) is 17.3 Å². The summed E-state index contributed by atoms with van der Waals surface area (Å²) in [7, 11) is 3.97. The average Bonchev–Trinajstić information content (AvgIpc) is 3.27. The Bertz CT molecular complexity index is 1250. The number of para-hydroxylation sites is 1. The highest BCUT2D eigenvalue weighted by atomic mass is 32.2. The highest BCUT2D eigenvalue weighted by Crippen LogP contribution is 2.32. The zero-order valence-electron chi connectivity index (χ0n) is 19.8. The van der Waals surface area contributed by atoms with Crippen LogP contribution in [0.25, 0.3) is 17.1 Å². The maximum Gasteiger partial charge on any atom is 0.234 e. The molecule has 0 radical (unpaired) electrons. The van der Waals surface area contributed by atoms with Crippen LogP contribution in [0.4, 0.5) is 11.4 Å². The molecule has 0 unspecified atom stereocenters. The summed E-state index contributed by atoms with van der Waals surface area (Å²) in [6.45, 7) is 4.32. The van der Waals surface area contributed by atoms with E-state index in [-0.39, 0.29) is 11.7 Å². The van der Waals surface area contributed by atoms with Crippen molar-refractivity contribution in [2.24, 2.45) is 0 Å². The maximum atomic E-state index is 12.7. The molecule has 34 heavy (non-hydrogen) atoms. The van der Waals surface area contributed by atoms with Crippen LogP contribution in [0.5, 0.6) is 0 Å². The minimum Gasteiger partial charge on any atom is -0.378 e. The number of hydrogen-bond acceptors (Lipinski definition) is 6. The summed E-state index contributed by atoms with van der Waals surface area (Å²) in [6.07, 6.45) is 3.51. The number of carbonyl (C=O) groups excluding carboxylic acids is 1. The molecule has 1 N–H and O–H groups in total. The van der Waals surface area contributed by atoms with Gasteiger partial charge < -0.3 is 10.2 Å². The van der Waals surface area contributed by atoms with Crippen molar-refractivity contribution in [3.05, 3.63) is 78.6 Å². The normalized spacial score (nSPS) is 11.0. The van der Waals surface area contributed by atoms with Gasteiger partial charge in [-0.15, -0.1) is 10.2 Å². The second-order valence-corrected chi connectivity index (χ2v) is 9.32. The quantitative estimate of drug-likeness (QED) is 0.353. The van der Waals surface area contributed by atoms with Gasteiger partial charge >= 0.3 is 0 Å². The van der Waals surface area contributed by atoms with Crippen LogP contribution in [0.3, 0.4) is 0 Å². The molecule has 0 aliphatic heterocycles. The SMILES string of the molecule is CC(C)c1ccccc1-n1c(SCC(=O)Nc2ccc(N(C)C)cc2)nnc1-c1cccnc1. The third-order valence-electron chi connectivity index (χ3n) is 5.35. The minimum absolute atomic E-state index is 0.0998. The molecule has 0 fully saturated rings. The van der Waals surface area contributed by atoms with Gasteiger partial charge in [0, 0.05) is 43.4 Å². The molecule has 0 aliphatic carbocycles. The topological polar surface area (TPSA) is 75.9 Å². The maximum absolute atomic E-state index is 12.7. The lowest BCUT2D eigenvalue weighted by molar-refractivity contribution is -0.113. The second kappa shape index (κ2) is 10.5. The number of thioether (sulfide) groups is 1. The van der Waals surface area contributed by atoms with Gasteiger partial charge in [-0.05, 0) is 53.9 Å². The number of benzene rings is 2. The highest BCUT2D eigenvalue weighted by Gasteiger charge is 2.20. The number of aromatic nitrogens is 4. The minimum atomic E-state index is -0.0998. The molecule has 0 bridgehead atoms. The van der Waals surface area contributed by atoms with Crippen LogP contribution in [0.15, 0.2) is 78.2 Å². The Morgan fingerprint density at radius 1 is 1.03 bits per heavy atom. The van der Waals surface area contributed by atoms with Crippen LogP contribution >= 0.6 is 11.8 Å². The van der Waals surface area contributed by atoms with E-state index in [0.717, 1.165) is 22.6 Å². The molecule has 7 nitrogen and oxygen atoms in total. The van der Waals surface area contributed by atoms with Gasteiger partial charge in [-0.1, -0.05) is 43.8 Å². The molecular formula is C26H28N6OS. The van der Waals surface area contributed by atoms with Crippen molar-refractivity contribution in [1.29, 1.82) is 0 Å². The van der Waals surface area contributed by atoms with Gasteiger partial charge in [0.1, 0.15) is 0 Å². The van der Waals surface area contributed by atoms with E-state index in [2.05, 4.69) is 46.5 Å². The first-order valence-electron chi connectivity index (χ1n) is 11.1. The van der Waals surface area contributed by atoms with E-state index in [1.807, 2.05) is 72.1 Å². The van der Waals surface area contributed by atoms with E-state index in [0.29, 0.717) is 16.9 Å². The van der Waals surface area contributed by atoms with E-state index < -0.39 is 0 Å². The van der Waals surface area contributed by atoms with Crippen LogP contribution in [-0.2, 0) is 4.79 Å². The lowest BCUT2D eigenvalue weighted by Gasteiger charge is -2.17. The average molecular weight is 473 g/mol. The Morgan fingerprint density at radius 2 is 1.79 bits per heavy atom. The van der Waals surface area contributed by atoms with Gasteiger partial charge in [0.25, 0.3) is 0 Å². The van der Waals surface area contributed by atoms with Crippen LogP contribution in [-0.4, -0.2) is 45.5 Å². The molecule has 4 aromatic rings. The molecule has 0 aliphatic rings. The molecule has 0 atom stereocenters. The fourth-order valence-corrected chi connectivity index (χ4v) is 4.36. The lowest BCUT2D eigenvalue weighted by Crippen LogP contribution is -2.15. The third-order valence-corrected chi connectivity index (χ3v) is 6.28. The predicted octanol–water partition coefficient (Wildman–Crippen LogP) is 5.25. The van der Waals surface area contributed by atoms with Crippen molar-refractivity contribution in [1.82, 2.24) is 19.7 Å². The van der Waals surface area contributed by atoms with Gasteiger partial charge in [-0.25, -0.2) is 0 Å². The Balaban J connectivity index is 1.60. The summed E-state index contributed by atoms with van der Waals surface area (Å²) in [4.78, 5) is 19.0. The highest BCUT2D eigenvalue weighted by molar-refractivity contribution is 7.99. The Morgan fingerprint density at radius 3 is 2.47 bits per heavy atom. The summed E-state index contributed by atoms with van der Waals surface area (Å²) in [5.41, 5.74) is 4.89. The number of nitrogens with one attached hydrogen (secondary N) is 1. The Kier molecular flexibility index (Phi) is 7.27. The van der Waals surface area contributed by atoms with Crippen molar-refractivity contribution in [3.8, 4) is 17.1 Å². The number of nitrogens with zero attached hydrogens (tertiary/aromatic N) is 5. The van der Waals surface area contributed by atoms with Crippen molar-refractivity contribution in [2.45, 2.75) is 24.9 Å². The number of rotatable bonds is 8. The molecule has 174 valence electrons. The molecule has 8 heteroatoms. The summed E-state index contributed by atoms with van der Waals surface area (Å²) >= 11 is 1.36. The predicted molar refractivity (Wildman–Crippen MR) is 139 cm³/mol. The Labute approximate surface area is 204 Å². The molecule has 2 aromatic heterocycles. The molecule has 0 spiro atoms. The first kappa shape index (κ1) is 23.5. The molecular weight excluding hydrogens is 444 g/mol. The van der Waals surface area contributed by atoms with Gasteiger partial charge in [0.15, 0.2) is 11.0 Å². The second-order valence-electron chi connectivity index (χ2n) is 8.37. The number of amides is 1. The zero-order chi connectivity index (χ0) is 24.1. The molecule has 0 saturated carbocycles. The van der Waals surface area contributed by atoms with Gasteiger partial charge in [0.2, 0.25) is 5.91 Å². The van der Waals surface area contributed by atoms with Crippen molar-refractivity contribution in [3.63, 3.8) is 0 Å². The molecule has 2 heterocycles. The van der Waals surface area contributed by atoms with Crippen LogP contribution < -0.4 is 10.2 Å². The summed E-state index contributed by atoms with van der Waals surface area (Å²) in [6, 6.07) is 19.8. The number of hydrogen-bond donors (Lipinski definition) is 1. The lowest BCUT2D eigenvalue weighted by atomic mass is 10.0. The molecule has 0 saturated heterocycles. The monoisotopic (exact) mass is 472 g/mol. The Hall–Kier alpha value is -3.65. The summed E-state index contributed by atoms with van der Waals surface area (Å²) < 4.78 is 2.02. The van der Waals surface area contributed by atoms with E-state index in [4.69, 9.17) is 0 Å². The largest absolute Gasteiger partial charge is 0.378 e. The number of pyridine rings is 1. The van der Waals surface area contributed by atoms with Crippen molar-refractivity contribution < 1.29 is 4.79 Å². The zero-order valence-corrected chi connectivity index (χ0v) is 20.6. The fraction of sp³-hybridized carbons (Fsp3) is 0.231. The van der Waals surface area contributed by atoms with Crippen LogP contribution in [0, 0.1) is 0 Å². The van der Waals surface area contributed by atoms with Gasteiger partial charge in [-0.3, -0.25) is 14.3 Å². The molecule has 1 amide bonds. The summed E-state index contributed by atoms with van der Waals surface area (Å²) in [5, 5.41) is 12.5. The third kappa shape index (κ3) is 5.28. The van der Waals surface area contributed by atoms with Crippen molar-refractivity contribution >= 4 is 29.0 Å². The fourth-order valence-electron chi connectivity index (χ4n) is 3.61. The van der Waals surface area contributed by atoms with Gasteiger partial charge in [0.05, 0.1) is 11.4 Å². The van der Waals surface area contributed by atoms with E-state index in [9.17, 15) is 4.79 Å². The molecule has 4 rings (SSSR count). The standard InChI is InChI=1S/C26H28N6OS/c1-18(2)22-9-5-6-10-23(22)32-25(19-8-7-15-27-16-19)29-30-26(32)34-17-24(33)28-20-11-13-21(14-12-20)31(3)4/h5-16,18H,17H2,1-4H3,(H,28,33). The number of carbonyl (C=O) groups is 1. The van der Waals surface area contributed by atoms with Crippen LogP contribution in [0.1, 0.15) is 25.3 Å². The van der Waals surface area contributed by atoms with E-state index >= 15 is 0 Å². The van der Waals surface area contributed by atoms with Gasteiger partial charge in [-0.2, -0.15) is 0 Å². The summed E-state index contributed by atoms with van der Waals surface area (Å²) in [5.74, 6) is 1.12. The smallest absolute Gasteiger partial charge is 0.234 e. The van der Waals surface area contributed by atoms with E-state index in [1.54, 1.807) is 12.4 Å². The first-order chi connectivity index (χ1) is 16.4. The number of anilines is 2. The van der Waals surface area contributed by atoms with Crippen molar-refractivity contribution in [2.75, 3.05) is 30.1 Å². The first-order valence-corrected chi connectivity index (χ1v) is 12.1. The molecule has 2 aromatic carbocycles. The van der Waals surface area contributed by atoms with Crippen LogP contribution in [0.2, 0.25) is 0 Å².